The molecule has 0 radical (unpaired) electrons. The quantitative estimate of drug-likeness (QED) is 0.932. The maximum absolute atomic E-state index is 5.62. The number of nitrogen functional groups attached to an aromatic ring is 1. The van der Waals surface area contributed by atoms with Gasteiger partial charge in [0.1, 0.15) is 23.1 Å². The van der Waals surface area contributed by atoms with Gasteiger partial charge in [-0.1, -0.05) is 4.49 Å². The maximum Gasteiger partial charge on any atom is 0.139 e. The van der Waals surface area contributed by atoms with Crippen molar-refractivity contribution in [1.82, 2.24) is 14.6 Å². The number of nitrogens with two attached hydrogens (primary N) is 1. The predicted molar refractivity (Wildman–Crippen MR) is 60.6 cm³/mol. The van der Waals surface area contributed by atoms with Crippen molar-refractivity contribution in [3.8, 4) is 5.75 Å². The molecule has 0 aliphatic carbocycles. The standard InChI is InChI=1S/C8H7BrN4OS/c9-5-1-6(3-11-2-5)14-4-7-8(10)15-13-12-7/h1-3H,4,10H2. The summed E-state index contributed by atoms with van der Waals surface area (Å²) < 4.78 is 10.0. The zero-order valence-electron chi connectivity index (χ0n) is 7.55. The molecule has 0 unspecified atom stereocenters. The smallest absolute Gasteiger partial charge is 0.139 e. The van der Waals surface area contributed by atoms with Crippen molar-refractivity contribution in [1.29, 1.82) is 0 Å². The Bertz CT molecular complexity index is 461. The highest BCUT2D eigenvalue weighted by Gasteiger charge is 2.05. The highest BCUT2D eigenvalue weighted by molar-refractivity contribution is 9.10. The summed E-state index contributed by atoms with van der Waals surface area (Å²) in [5.41, 5.74) is 6.28. The molecule has 0 aliphatic rings. The van der Waals surface area contributed by atoms with Crippen LogP contribution in [0.4, 0.5) is 5.00 Å². The molecule has 0 aromatic carbocycles. The molecule has 0 bridgehead atoms. The SMILES string of the molecule is Nc1snnc1COc1cncc(Br)c1. The van der Waals surface area contributed by atoms with E-state index in [9.17, 15) is 0 Å². The molecule has 2 rings (SSSR count). The highest BCUT2D eigenvalue weighted by Crippen LogP contribution is 2.19. The second-order valence-electron chi connectivity index (χ2n) is 2.71. The Kier molecular flexibility index (Phi) is 3.12. The van der Waals surface area contributed by atoms with Gasteiger partial charge in [0.05, 0.1) is 6.20 Å². The molecule has 0 saturated heterocycles. The lowest BCUT2D eigenvalue weighted by Crippen LogP contribution is -1.99. The van der Waals surface area contributed by atoms with Gasteiger partial charge < -0.3 is 10.5 Å². The van der Waals surface area contributed by atoms with Crippen molar-refractivity contribution in [3.63, 3.8) is 0 Å². The Morgan fingerprint density at radius 1 is 1.47 bits per heavy atom. The van der Waals surface area contributed by atoms with Crippen LogP contribution in [0.1, 0.15) is 5.69 Å². The molecule has 7 heteroatoms. The van der Waals surface area contributed by atoms with Crippen LogP contribution in [0.5, 0.6) is 5.75 Å². The summed E-state index contributed by atoms with van der Waals surface area (Å²) in [5, 5.41) is 4.42. The average Bonchev–Trinajstić information content (AvgIpc) is 2.61. The number of rotatable bonds is 3. The Labute approximate surface area is 98.6 Å². The predicted octanol–water partition coefficient (Wildman–Crippen LogP) is 1.86. The second kappa shape index (κ2) is 4.54. The average molecular weight is 287 g/mol. The summed E-state index contributed by atoms with van der Waals surface area (Å²) in [7, 11) is 0. The third-order valence-corrected chi connectivity index (χ3v) is 2.67. The van der Waals surface area contributed by atoms with Crippen LogP contribution in [0.3, 0.4) is 0 Å². The lowest BCUT2D eigenvalue weighted by atomic mass is 10.4. The van der Waals surface area contributed by atoms with E-state index in [-0.39, 0.29) is 0 Å². The number of hydrogen-bond donors (Lipinski definition) is 1. The van der Waals surface area contributed by atoms with E-state index < -0.39 is 0 Å². The number of hydrogen-bond acceptors (Lipinski definition) is 6. The molecular formula is C8H7BrN4OS. The highest BCUT2D eigenvalue weighted by atomic mass is 79.9. The Morgan fingerprint density at radius 3 is 3.00 bits per heavy atom. The van der Waals surface area contributed by atoms with E-state index in [1.165, 1.54) is 0 Å². The second-order valence-corrected chi connectivity index (χ2v) is 4.41. The molecule has 15 heavy (non-hydrogen) atoms. The van der Waals surface area contributed by atoms with Gasteiger partial charge >= 0.3 is 0 Å². The molecule has 2 N–H and O–H groups in total. The molecule has 0 aliphatic heterocycles. The first kappa shape index (κ1) is 10.3. The van der Waals surface area contributed by atoms with Crippen molar-refractivity contribution in [3.05, 3.63) is 28.6 Å². The first-order valence-electron chi connectivity index (χ1n) is 4.06. The normalized spacial score (nSPS) is 10.2. The summed E-state index contributed by atoms with van der Waals surface area (Å²) in [6.07, 6.45) is 3.31. The van der Waals surface area contributed by atoms with Crippen LogP contribution in [-0.2, 0) is 6.61 Å². The third-order valence-electron chi connectivity index (χ3n) is 1.64. The van der Waals surface area contributed by atoms with E-state index in [0.717, 1.165) is 16.0 Å². The summed E-state index contributed by atoms with van der Waals surface area (Å²) in [4.78, 5) is 3.97. The number of anilines is 1. The molecule has 2 aromatic heterocycles. The van der Waals surface area contributed by atoms with Gasteiger partial charge in [-0.2, -0.15) is 0 Å². The van der Waals surface area contributed by atoms with Crippen molar-refractivity contribution < 1.29 is 4.74 Å². The zero-order chi connectivity index (χ0) is 10.7. The van der Waals surface area contributed by atoms with E-state index in [2.05, 4.69) is 30.5 Å². The van der Waals surface area contributed by atoms with E-state index in [1.54, 1.807) is 12.4 Å². The Morgan fingerprint density at radius 2 is 2.33 bits per heavy atom. The van der Waals surface area contributed by atoms with Crippen molar-refractivity contribution in [2.24, 2.45) is 0 Å². The number of pyridine rings is 1. The number of ether oxygens (including phenoxy) is 1. The maximum atomic E-state index is 5.62. The topological polar surface area (TPSA) is 73.9 Å². The van der Waals surface area contributed by atoms with Gasteiger partial charge in [-0.3, -0.25) is 4.98 Å². The van der Waals surface area contributed by atoms with Crippen molar-refractivity contribution >= 4 is 32.5 Å². The van der Waals surface area contributed by atoms with Crippen LogP contribution in [0.2, 0.25) is 0 Å². The van der Waals surface area contributed by atoms with Crippen molar-refractivity contribution in [2.75, 3.05) is 5.73 Å². The first-order valence-corrected chi connectivity index (χ1v) is 5.62. The van der Waals surface area contributed by atoms with Gasteiger partial charge in [-0.25, -0.2) is 0 Å². The monoisotopic (exact) mass is 286 g/mol. The fourth-order valence-electron chi connectivity index (χ4n) is 0.939. The lowest BCUT2D eigenvalue weighted by molar-refractivity contribution is 0.300. The van der Waals surface area contributed by atoms with Gasteiger partial charge in [0, 0.05) is 22.2 Å². The molecule has 0 saturated carbocycles. The molecule has 0 atom stereocenters. The van der Waals surface area contributed by atoms with Crippen LogP contribution in [0.15, 0.2) is 22.9 Å². The fraction of sp³-hybridized carbons (Fsp3) is 0.125. The van der Waals surface area contributed by atoms with Crippen LogP contribution >= 0.6 is 27.5 Å². The van der Waals surface area contributed by atoms with Crippen LogP contribution in [0, 0.1) is 0 Å². The van der Waals surface area contributed by atoms with Crippen LogP contribution in [0.25, 0.3) is 0 Å². The fourth-order valence-corrected chi connectivity index (χ4v) is 1.71. The molecule has 2 heterocycles. The first-order chi connectivity index (χ1) is 7.25. The number of aromatic nitrogens is 3. The molecule has 2 aromatic rings. The third kappa shape index (κ3) is 2.63. The van der Waals surface area contributed by atoms with Gasteiger partial charge in [-0.15, -0.1) is 5.10 Å². The minimum absolute atomic E-state index is 0.306. The van der Waals surface area contributed by atoms with Gasteiger partial charge in [-0.05, 0) is 22.0 Å². The van der Waals surface area contributed by atoms with Crippen LogP contribution in [-0.4, -0.2) is 14.6 Å². The summed E-state index contributed by atoms with van der Waals surface area (Å²) >= 11 is 4.46. The van der Waals surface area contributed by atoms with E-state index in [4.69, 9.17) is 10.5 Å². The molecule has 0 spiro atoms. The summed E-state index contributed by atoms with van der Waals surface area (Å²) in [6.45, 7) is 0.306. The van der Waals surface area contributed by atoms with E-state index in [0.29, 0.717) is 23.1 Å². The molecule has 0 amide bonds. The van der Waals surface area contributed by atoms with Crippen molar-refractivity contribution in [2.45, 2.75) is 6.61 Å². The van der Waals surface area contributed by atoms with E-state index in [1.807, 2.05) is 6.07 Å². The molecule has 0 fully saturated rings. The van der Waals surface area contributed by atoms with E-state index >= 15 is 0 Å². The minimum Gasteiger partial charge on any atom is -0.485 e. The largest absolute Gasteiger partial charge is 0.485 e. The van der Waals surface area contributed by atoms with Crippen LogP contribution < -0.4 is 10.5 Å². The van der Waals surface area contributed by atoms with Gasteiger partial charge in [0.25, 0.3) is 0 Å². The molecule has 5 nitrogen and oxygen atoms in total. The zero-order valence-corrected chi connectivity index (χ0v) is 9.96. The van der Waals surface area contributed by atoms with Gasteiger partial charge in [0.2, 0.25) is 0 Å². The number of nitrogens with zero attached hydrogens (tertiary/aromatic N) is 3. The number of halogens is 1. The van der Waals surface area contributed by atoms with Gasteiger partial charge in [0.15, 0.2) is 0 Å². The summed E-state index contributed by atoms with van der Waals surface area (Å²) in [5.74, 6) is 0.664. The lowest BCUT2D eigenvalue weighted by Gasteiger charge is -2.03. The Hall–Kier alpha value is -1.21. The molecular weight excluding hydrogens is 280 g/mol. The molecule has 78 valence electrons. The minimum atomic E-state index is 0.306. The summed E-state index contributed by atoms with van der Waals surface area (Å²) in [6, 6.07) is 1.82. The Balaban J connectivity index is 2.02.